The van der Waals surface area contributed by atoms with Gasteiger partial charge in [0.25, 0.3) is 0 Å². The summed E-state index contributed by atoms with van der Waals surface area (Å²) in [5, 5.41) is 0. The van der Waals surface area contributed by atoms with Crippen LogP contribution in [0.15, 0.2) is 12.8 Å². The summed E-state index contributed by atoms with van der Waals surface area (Å²) < 4.78 is 13.8. The smallest absolute Gasteiger partial charge is 0.466 e. The molecular weight excluding hydrogens is 195 g/mol. The molecule has 6 heteroatoms. The molecule has 3 N–H and O–H groups in total. The molecular formula is C7H17O5P. The van der Waals surface area contributed by atoms with Crippen molar-refractivity contribution in [3.8, 4) is 0 Å². The first-order valence-electron chi connectivity index (χ1n) is 3.92. The zero-order valence-electron chi connectivity index (χ0n) is 7.72. The van der Waals surface area contributed by atoms with Crippen LogP contribution in [0, 0.1) is 0 Å². The van der Waals surface area contributed by atoms with E-state index >= 15 is 0 Å². The molecule has 0 amide bonds. The SMILES string of the molecule is C=COCCCCC.O=P(O)(O)O. The monoisotopic (exact) mass is 212 g/mol. The highest BCUT2D eigenvalue weighted by Gasteiger charge is 2.00. The predicted octanol–water partition coefficient (Wildman–Crippen LogP) is 1.41. The van der Waals surface area contributed by atoms with E-state index in [0.717, 1.165) is 13.0 Å². The maximum atomic E-state index is 8.88. The van der Waals surface area contributed by atoms with E-state index in [0.29, 0.717) is 0 Å². The standard InChI is InChI=1S/C7H14O.H3O4P/c1-3-5-6-7-8-4-2;1-5(2,3)4/h4H,2-3,5-7H2,1H3;(H3,1,2,3,4). The molecule has 80 valence electrons. The number of phosphoric acid groups is 1. The van der Waals surface area contributed by atoms with Crippen LogP contribution in [-0.2, 0) is 9.30 Å². The van der Waals surface area contributed by atoms with E-state index in [9.17, 15) is 0 Å². The molecule has 0 saturated carbocycles. The third-order valence-electron chi connectivity index (χ3n) is 0.984. The van der Waals surface area contributed by atoms with E-state index in [2.05, 4.69) is 13.5 Å². The van der Waals surface area contributed by atoms with Crippen molar-refractivity contribution < 1.29 is 24.0 Å². The topological polar surface area (TPSA) is 87.0 Å². The van der Waals surface area contributed by atoms with Gasteiger partial charge in [0.15, 0.2) is 0 Å². The summed E-state index contributed by atoms with van der Waals surface area (Å²) in [6.07, 6.45) is 5.16. The van der Waals surface area contributed by atoms with Gasteiger partial charge in [0, 0.05) is 0 Å². The van der Waals surface area contributed by atoms with Crippen LogP contribution in [-0.4, -0.2) is 21.3 Å². The third kappa shape index (κ3) is 50.2. The second-order valence-corrected chi connectivity index (χ2v) is 3.28. The molecule has 0 aromatic rings. The minimum atomic E-state index is -4.64. The third-order valence-corrected chi connectivity index (χ3v) is 0.984. The van der Waals surface area contributed by atoms with Crippen molar-refractivity contribution in [1.29, 1.82) is 0 Å². The Morgan fingerprint density at radius 1 is 1.38 bits per heavy atom. The molecule has 5 nitrogen and oxygen atoms in total. The van der Waals surface area contributed by atoms with E-state index in [4.69, 9.17) is 24.0 Å². The average Bonchev–Trinajstić information content (AvgIpc) is 1.95. The first kappa shape index (κ1) is 15.1. The average molecular weight is 212 g/mol. The summed E-state index contributed by atoms with van der Waals surface area (Å²) in [4.78, 5) is 21.6. The van der Waals surface area contributed by atoms with E-state index in [1.165, 1.54) is 19.1 Å². The largest absolute Gasteiger partial charge is 0.502 e. The minimum Gasteiger partial charge on any atom is -0.502 e. The van der Waals surface area contributed by atoms with Crippen LogP contribution in [0.2, 0.25) is 0 Å². The van der Waals surface area contributed by atoms with Crippen molar-refractivity contribution >= 4 is 7.82 Å². The van der Waals surface area contributed by atoms with Gasteiger partial charge in [-0.3, -0.25) is 0 Å². The van der Waals surface area contributed by atoms with Crippen LogP contribution >= 0.6 is 7.82 Å². The number of unbranched alkanes of at least 4 members (excludes halogenated alkanes) is 2. The molecule has 0 saturated heterocycles. The Balaban J connectivity index is 0. The molecule has 0 heterocycles. The van der Waals surface area contributed by atoms with Crippen molar-refractivity contribution in [2.45, 2.75) is 26.2 Å². The predicted molar refractivity (Wildman–Crippen MR) is 49.9 cm³/mol. The lowest BCUT2D eigenvalue weighted by molar-refractivity contribution is 0.243. The van der Waals surface area contributed by atoms with Gasteiger partial charge in [-0.25, -0.2) is 4.57 Å². The Bertz CT molecular complexity index is 145. The molecule has 0 atom stereocenters. The summed E-state index contributed by atoms with van der Waals surface area (Å²) in [5.41, 5.74) is 0. The zero-order valence-corrected chi connectivity index (χ0v) is 8.61. The highest BCUT2D eigenvalue weighted by molar-refractivity contribution is 7.45. The van der Waals surface area contributed by atoms with E-state index in [-0.39, 0.29) is 0 Å². The fraction of sp³-hybridized carbons (Fsp3) is 0.714. The first-order valence-corrected chi connectivity index (χ1v) is 5.49. The van der Waals surface area contributed by atoms with Gasteiger partial charge in [0.2, 0.25) is 0 Å². The first-order chi connectivity index (χ1) is 5.91. The van der Waals surface area contributed by atoms with Crippen molar-refractivity contribution in [1.82, 2.24) is 0 Å². The molecule has 0 spiro atoms. The number of hydrogen-bond donors (Lipinski definition) is 3. The Morgan fingerprint density at radius 2 is 1.85 bits per heavy atom. The molecule has 13 heavy (non-hydrogen) atoms. The normalized spacial score (nSPS) is 9.85. The summed E-state index contributed by atoms with van der Waals surface area (Å²) in [6.45, 7) is 6.44. The van der Waals surface area contributed by atoms with Gasteiger partial charge in [0.05, 0.1) is 12.9 Å². The van der Waals surface area contributed by atoms with Gasteiger partial charge in [-0.2, -0.15) is 0 Å². The molecule has 0 rings (SSSR count). The molecule has 0 aliphatic heterocycles. The summed E-state index contributed by atoms with van der Waals surface area (Å²) >= 11 is 0. The fourth-order valence-corrected chi connectivity index (χ4v) is 0.519. The van der Waals surface area contributed by atoms with Gasteiger partial charge >= 0.3 is 7.82 Å². The lowest BCUT2D eigenvalue weighted by Crippen LogP contribution is -1.84. The lowest BCUT2D eigenvalue weighted by Gasteiger charge is -1.96. The van der Waals surface area contributed by atoms with Crippen LogP contribution < -0.4 is 0 Å². The van der Waals surface area contributed by atoms with E-state index in [1.54, 1.807) is 0 Å². The molecule has 0 aromatic heterocycles. The van der Waals surface area contributed by atoms with Crippen LogP contribution in [0.1, 0.15) is 26.2 Å². The summed E-state index contributed by atoms with van der Waals surface area (Å²) in [7, 11) is -4.64. The van der Waals surface area contributed by atoms with E-state index in [1.807, 2.05) is 0 Å². The van der Waals surface area contributed by atoms with Gasteiger partial charge in [-0.1, -0.05) is 26.3 Å². The van der Waals surface area contributed by atoms with Crippen molar-refractivity contribution in [3.05, 3.63) is 12.8 Å². The number of rotatable bonds is 5. The Morgan fingerprint density at radius 3 is 2.15 bits per heavy atom. The Labute approximate surface area is 78.3 Å². The number of hydrogen-bond acceptors (Lipinski definition) is 2. The van der Waals surface area contributed by atoms with Crippen LogP contribution in [0.4, 0.5) is 0 Å². The van der Waals surface area contributed by atoms with Gasteiger partial charge in [0.1, 0.15) is 0 Å². The molecule has 0 aliphatic rings. The van der Waals surface area contributed by atoms with Gasteiger partial charge < -0.3 is 19.4 Å². The van der Waals surface area contributed by atoms with Crippen molar-refractivity contribution in [2.24, 2.45) is 0 Å². The van der Waals surface area contributed by atoms with Crippen LogP contribution in [0.3, 0.4) is 0 Å². The molecule has 0 aromatic carbocycles. The van der Waals surface area contributed by atoms with E-state index < -0.39 is 7.82 Å². The van der Waals surface area contributed by atoms with Crippen molar-refractivity contribution in [2.75, 3.05) is 6.61 Å². The molecule has 0 unspecified atom stereocenters. The Hall–Kier alpha value is -0.350. The quantitative estimate of drug-likeness (QED) is 0.364. The minimum absolute atomic E-state index is 0.831. The number of ether oxygens (including phenoxy) is 1. The molecule has 0 fully saturated rings. The fourth-order valence-electron chi connectivity index (χ4n) is 0.519. The summed E-state index contributed by atoms with van der Waals surface area (Å²) in [6, 6.07) is 0. The molecule has 0 bridgehead atoms. The summed E-state index contributed by atoms with van der Waals surface area (Å²) in [5.74, 6) is 0. The molecule has 0 aliphatic carbocycles. The Kier molecular flexibility index (Phi) is 11.3. The van der Waals surface area contributed by atoms with Gasteiger partial charge in [-0.15, -0.1) is 0 Å². The van der Waals surface area contributed by atoms with Gasteiger partial charge in [-0.05, 0) is 6.42 Å². The second-order valence-electron chi connectivity index (χ2n) is 2.26. The zero-order chi connectivity index (χ0) is 10.7. The maximum Gasteiger partial charge on any atom is 0.466 e. The lowest BCUT2D eigenvalue weighted by atomic mass is 10.3. The highest BCUT2D eigenvalue weighted by atomic mass is 31.2. The van der Waals surface area contributed by atoms with Crippen molar-refractivity contribution in [3.63, 3.8) is 0 Å². The maximum absolute atomic E-state index is 8.88. The highest BCUT2D eigenvalue weighted by Crippen LogP contribution is 2.25. The molecule has 0 radical (unpaired) electrons. The second kappa shape index (κ2) is 9.74. The van der Waals surface area contributed by atoms with Crippen LogP contribution in [0.25, 0.3) is 0 Å². The van der Waals surface area contributed by atoms with Crippen LogP contribution in [0.5, 0.6) is 0 Å².